The molecule has 1 aliphatic rings. The van der Waals surface area contributed by atoms with Crippen LogP contribution in [0.4, 0.5) is 20.4 Å². The Kier molecular flexibility index (Phi) is 5.32. The van der Waals surface area contributed by atoms with Gasteiger partial charge < -0.3 is 10.2 Å². The van der Waals surface area contributed by atoms with E-state index in [9.17, 15) is 13.6 Å². The number of aromatic nitrogens is 5. The maximum absolute atomic E-state index is 14.1. The van der Waals surface area contributed by atoms with Gasteiger partial charge in [0.05, 0.1) is 10.9 Å². The first-order valence-electron chi connectivity index (χ1n) is 10.3. The fraction of sp³-hybridized carbons (Fsp3) is 0.476. The minimum absolute atomic E-state index is 0.0701. The van der Waals surface area contributed by atoms with Gasteiger partial charge in [0, 0.05) is 51.0 Å². The summed E-state index contributed by atoms with van der Waals surface area (Å²) in [4.78, 5) is 26.2. The lowest BCUT2D eigenvalue weighted by atomic mass is 10.1. The molecule has 8 nitrogen and oxygen atoms in total. The summed E-state index contributed by atoms with van der Waals surface area (Å²) in [7, 11) is 0. The molecule has 1 saturated heterocycles. The van der Waals surface area contributed by atoms with Gasteiger partial charge in [0.15, 0.2) is 11.6 Å². The van der Waals surface area contributed by atoms with Crippen LogP contribution >= 0.6 is 0 Å². The predicted octanol–water partition coefficient (Wildman–Crippen LogP) is 4.00. The molecular formula is C21H25F2N7O. The number of halogens is 2. The first-order chi connectivity index (χ1) is 14.6. The number of hydrogen-bond donors (Lipinski definition) is 1. The van der Waals surface area contributed by atoms with E-state index in [2.05, 4.69) is 25.2 Å². The Bertz CT molecular complexity index is 1130. The summed E-state index contributed by atoms with van der Waals surface area (Å²) in [6, 6.07) is 3.36. The van der Waals surface area contributed by atoms with Gasteiger partial charge in [-0.2, -0.15) is 8.78 Å². The smallest absolute Gasteiger partial charge is 0.303 e. The highest BCUT2D eigenvalue weighted by molar-refractivity contribution is 5.95. The van der Waals surface area contributed by atoms with Crippen molar-refractivity contribution in [3.8, 4) is 5.82 Å². The summed E-state index contributed by atoms with van der Waals surface area (Å²) in [5.41, 5.74) is 1.13. The maximum atomic E-state index is 14.1. The molecule has 1 aliphatic heterocycles. The summed E-state index contributed by atoms with van der Waals surface area (Å²) in [6.45, 7) is 7.68. The molecule has 164 valence electrons. The zero-order chi connectivity index (χ0) is 22.3. The lowest BCUT2D eigenvalue weighted by Gasteiger charge is -2.15. The Labute approximate surface area is 178 Å². The molecule has 1 fully saturated rings. The average Bonchev–Trinajstić information content (AvgIpc) is 3.34. The maximum Gasteiger partial charge on any atom is 0.303 e. The molecule has 0 radical (unpaired) electrons. The molecule has 0 bridgehead atoms. The van der Waals surface area contributed by atoms with Gasteiger partial charge in [-0.05, 0) is 18.8 Å². The van der Waals surface area contributed by atoms with Gasteiger partial charge in [-0.25, -0.2) is 19.6 Å². The zero-order valence-electron chi connectivity index (χ0n) is 18.0. The Morgan fingerprint density at radius 2 is 1.90 bits per heavy atom. The van der Waals surface area contributed by atoms with E-state index in [4.69, 9.17) is 5.10 Å². The molecule has 10 heteroatoms. The number of carbonyl (C=O) groups excluding carboxylic acids is 1. The Balaban J connectivity index is 1.95. The van der Waals surface area contributed by atoms with E-state index in [0.29, 0.717) is 17.0 Å². The number of alkyl halides is 2. The van der Waals surface area contributed by atoms with E-state index < -0.39 is 11.7 Å². The van der Waals surface area contributed by atoms with Crippen molar-refractivity contribution in [3.63, 3.8) is 0 Å². The highest BCUT2D eigenvalue weighted by atomic mass is 19.3. The van der Waals surface area contributed by atoms with Crippen molar-refractivity contribution in [3.05, 3.63) is 29.8 Å². The Hall–Kier alpha value is -3.17. The van der Waals surface area contributed by atoms with Gasteiger partial charge in [-0.3, -0.25) is 4.79 Å². The number of fused-ring (bicyclic) bond motifs is 1. The Morgan fingerprint density at radius 3 is 2.52 bits per heavy atom. The first kappa shape index (κ1) is 21.1. The summed E-state index contributed by atoms with van der Waals surface area (Å²) in [6.07, 6.45) is 3.77. The Morgan fingerprint density at radius 1 is 1.19 bits per heavy atom. The van der Waals surface area contributed by atoms with Crippen LogP contribution in [0.15, 0.2) is 18.3 Å². The van der Waals surface area contributed by atoms with Gasteiger partial charge in [0.2, 0.25) is 11.7 Å². The average molecular weight is 429 g/mol. The third kappa shape index (κ3) is 4.19. The molecule has 1 N–H and O–H groups in total. The van der Waals surface area contributed by atoms with Crippen molar-refractivity contribution in [1.82, 2.24) is 24.7 Å². The number of nitrogens with zero attached hydrogens (tertiary/aromatic N) is 6. The molecule has 4 heterocycles. The molecule has 0 unspecified atom stereocenters. The molecule has 0 aliphatic carbocycles. The topological polar surface area (TPSA) is 88.8 Å². The van der Waals surface area contributed by atoms with E-state index in [0.717, 1.165) is 44.1 Å². The second-order valence-corrected chi connectivity index (χ2v) is 8.22. The lowest BCUT2D eigenvalue weighted by molar-refractivity contribution is -0.114. The molecule has 3 aromatic heterocycles. The number of rotatable bonds is 5. The van der Waals surface area contributed by atoms with Crippen molar-refractivity contribution in [1.29, 1.82) is 0 Å². The molecule has 0 atom stereocenters. The molecule has 3 aromatic rings. The van der Waals surface area contributed by atoms with Crippen LogP contribution in [0, 0.1) is 0 Å². The van der Waals surface area contributed by atoms with Crippen molar-refractivity contribution in [2.24, 2.45) is 0 Å². The van der Waals surface area contributed by atoms with E-state index in [-0.39, 0.29) is 17.6 Å². The van der Waals surface area contributed by atoms with Crippen LogP contribution in [0.1, 0.15) is 58.0 Å². The second kappa shape index (κ2) is 7.82. The van der Waals surface area contributed by atoms with E-state index in [1.54, 1.807) is 23.0 Å². The normalized spacial score (nSPS) is 14.6. The van der Waals surface area contributed by atoms with Crippen LogP contribution < -0.4 is 10.2 Å². The molecule has 0 aromatic carbocycles. The molecular weight excluding hydrogens is 404 g/mol. The quantitative estimate of drug-likeness (QED) is 0.659. The summed E-state index contributed by atoms with van der Waals surface area (Å²) in [5, 5.41) is 8.17. The lowest BCUT2D eigenvalue weighted by Crippen LogP contribution is -2.19. The number of hydrogen-bond acceptors (Lipinski definition) is 6. The van der Waals surface area contributed by atoms with Crippen molar-refractivity contribution in [2.45, 2.75) is 52.4 Å². The second-order valence-electron chi connectivity index (χ2n) is 8.22. The first-order valence-corrected chi connectivity index (χ1v) is 10.3. The third-order valence-corrected chi connectivity index (χ3v) is 5.19. The molecule has 0 saturated carbocycles. The van der Waals surface area contributed by atoms with Crippen molar-refractivity contribution < 1.29 is 13.6 Å². The zero-order valence-corrected chi connectivity index (χ0v) is 18.0. The van der Waals surface area contributed by atoms with E-state index >= 15 is 0 Å². The van der Waals surface area contributed by atoms with Crippen LogP contribution in [0.3, 0.4) is 0 Å². The third-order valence-electron chi connectivity index (χ3n) is 5.19. The monoisotopic (exact) mass is 429 g/mol. The highest BCUT2D eigenvalue weighted by Gasteiger charge is 2.30. The number of pyridine rings is 1. The fourth-order valence-electron chi connectivity index (χ4n) is 3.63. The standard InChI is InChI=1S/C21H25F2N7O/c1-12(2)15-9-18(27-20(26-15)21(4,22)23)30-16-10-17(25-13(3)31)24-11-14(16)19(28-30)29-7-5-6-8-29/h9-12H,5-8H2,1-4H3,(H,24,25,31). The van der Waals surface area contributed by atoms with Crippen LogP contribution in [-0.2, 0) is 10.7 Å². The van der Waals surface area contributed by atoms with Crippen LogP contribution in [-0.4, -0.2) is 43.7 Å². The minimum atomic E-state index is -3.19. The highest BCUT2D eigenvalue weighted by Crippen LogP contribution is 2.32. The SMILES string of the molecule is CC(=O)Nc1cc2c(cn1)c(N1CCCC1)nn2-c1cc(C(C)C)nc(C(C)(F)F)n1. The van der Waals surface area contributed by atoms with Gasteiger partial charge in [-0.1, -0.05) is 13.8 Å². The van der Waals surface area contributed by atoms with Crippen molar-refractivity contribution in [2.75, 3.05) is 23.3 Å². The molecule has 4 rings (SSSR count). The van der Waals surface area contributed by atoms with Gasteiger partial charge in [0.1, 0.15) is 5.82 Å². The van der Waals surface area contributed by atoms with Gasteiger partial charge >= 0.3 is 5.92 Å². The molecule has 0 spiro atoms. The predicted molar refractivity (Wildman–Crippen MR) is 114 cm³/mol. The largest absolute Gasteiger partial charge is 0.355 e. The number of amides is 1. The van der Waals surface area contributed by atoms with Crippen molar-refractivity contribution >= 4 is 28.4 Å². The van der Waals surface area contributed by atoms with E-state index in [1.807, 2.05) is 13.8 Å². The van der Waals surface area contributed by atoms with Gasteiger partial charge in [-0.15, -0.1) is 5.10 Å². The number of nitrogens with one attached hydrogen (secondary N) is 1. The van der Waals surface area contributed by atoms with Gasteiger partial charge in [0.25, 0.3) is 0 Å². The van der Waals surface area contributed by atoms with E-state index in [1.165, 1.54) is 6.92 Å². The molecule has 31 heavy (non-hydrogen) atoms. The number of anilines is 2. The summed E-state index contributed by atoms with van der Waals surface area (Å²) in [5.74, 6) is -2.73. The fourth-order valence-corrected chi connectivity index (χ4v) is 3.63. The van der Waals surface area contributed by atoms with Crippen LogP contribution in [0.25, 0.3) is 16.7 Å². The summed E-state index contributed by atoms with van der Waals surface area (Å²) >= 11 is 0. The molecule has 1 amide bonds. The minimum Gasteiger partial charge on any atom is -0.355 e. The number of carbonyl (C=O) groups is 1. The van der Waals surface area contributed by atoms with Crippen LogP contribution in [0.5, 0.6) is 0 Å². The van der Waals surface area contributed by atoms with Crippen LogP contribution in [0.2, 0.25) is 0 Å². The summed E-state index contributed by atoms with van der Waals surface area (Å²) < 4.78 is 29.8.